The topological polar surface area (TPSA) is 55.8 Å². The van der Waals surface area contributed by atoms with Crippen LogP contribution in [-0.2, 0) is 14.6 Å². The van der Waals surface area contributed by atoms with Crippen molar-refractivity contribution in [3.8, 4) is 5.75 Å². The van der Waals surface area contributed by atoms with E-state index in [4.69, 9.17) is 9.47 Å². The highest BCUT2D eigenvalue weighted by Crippen LogP contribution is 2.16. The molecule has 7 heteroatoms. The minimum absolute atomic E-state index is 0. The summed E-state index contributed by atoms with van der Waals surface area (Å²) in [4.78, 5) is 2.46. The maximum Gasteiger partial charge on any atom is 0.179 e. The van der Waals surface area contributed by atoms with Crippen molar-refractivity contribution < 1.29 is 17.9 Å². The summed E-state index contributed by atoms with van der Waals surface area (Å²) in [6.07, 6.45) is 0. The van der Waals surface area contributed by atoms with Gasteiger partial charge in [0.05, 0.1) is 31.0 Å². The summed E-state index contributed by atoms with van der Waals surface area (Å²) in [6.45, 7) is 3.53. The number of hydrogen-bond acceptors (Lipinski definition) is 5. The van der Waals surface area contributed by atoms with Crippen LogP contribution in [0.4, 0.5) is 0 Å². The third-order valence-electron chi connectivity index (χ3n) is 3.20. The second-order valence-electron chi connectivity index (χ2n) is 4.45. The quantitative estimate of drug-likeness (QED) is 0.816. The molecule has 1 aromatic carbocycles. The molecule has 5 nitrogen and oxygen atoms in total. The average Bonchev–Trinajstić information content (AvgIpc) is 2.46. The normalized spacial score (nSPS) is 16.4. The van der Waals surface area contributed by atoms with Crippen LogP contribution in [-0.4, -0.2) is 59.0 Å². The van der Waals surface area contributed by atoms with E-state index in [1.54, 1.807) is 31.4 Å². The molecular weight excluding hydrogens is 302 g/mol. The molecule has 0 radical (unpaired) electrons. The lowest BCUT2D eigenvalue weighted by molar-refractivity contribution is 0.0408. The van der Waals surface area contributed by atoms with Crippen LogP contribution in [0.5, 0.6) is 5.75 Å². The molecule has 0 aliphatic carbocycles. The van der Waals surface area contributed by atoms with Gasteiger partial charge in [0.25, 0.3) is 0 Å². The SMILES string of the molecule is COc1ccc(S(=O)(=O)CCN2CCOCC2)cc1.Cl. The van der Waals surface area contributed by atoms with Gasteiger partial charge in [0.15, 0.2) is 9.84 Å². The first-order valence-corrected chi connectivity index (χ1v) is 7.94. The smallest absolute Gasteiger partial charge is 0.179 e. The molecule has 0 spiro atoms. The highest BCUT2D eigenvalue weighted by Gasteiger charge is 2.18. The molecule has 1 aliphatic heterocycles. The molecule has 0 N–H and O–H groups in total. The number of halogens is 1. The Labute approximate surface area is 126 Å². The number of nitrogens with zero attached hydrogens (tertiary/aromatic N) is 1. The van der Waals surface area contributed by atoms with E-state index in [9.17, 15) is 8.42 Å². The van der Waals surface area contributed by atoms with Crippen molar-refractivity contribution in [1.82, 2.24) is 4.90 Å². The van der Waals surface area contributed by atoms with Crippen LogP contribution < -0.4 is 4.74 Å². The third kappa shape index (κ3) is 4.63. The molecule has 114 valence electrons. The van der Waals surface area contributed by atoms with Crippen molar-refractivity contribution in [3.05, 3.63) is 24.3 Å². The number of methoxy groups -OCH3 is 1. The number of rotatable bonds is 5. The molecule has 1 aliphatic rings. The molecule has 0 bridgehead atoms. The Bertz CT molecular complexity index is 498. The molecule has 0 atom stereocenters. The van der Waals surface area contributed by atoms with Gasteiger partial charge in [-0.15, -0.1) is 12.4 Å². The lowest BCUT2D eigenvalue weighted by Crippen LogP contribution is -2.39. The molecule has 1 saturated heterocycles. The molecule has 0 saturated carbocycles. The number of benzene rings is 1. The molecule has 1 aromatic rings. The molecule has 2 rings (SSSR count). The summed E-state index contributed by atoms with van der Waals surface area (Å²) in [6, 6.07) is 6.52. The van der Waals surface area contributed by atoms with Crippen molar-refractivity contribution in [2.45, 2.75) is 4.90 Å². The molecule has 1 fully saturated rings. The largest absolute Gasteiger partial charge is 0.497 e. The van der Waals surface area contributed by atoms with Crippen LogP contribution in [0.3, 0.4) is 0 Å². The van der Waals surface area contributed by atoms with E-state index in [2.05, 4.69) is 4.90 Å². The first-order chi connectivity index (χ1) is 9.12. The van der Waals surface area contributed by atoms with Crippen LogP contribution in [0.2, 0.25) is 0 Å². The first-order valence-electron chi connectivity index (χ1n) is 6.29. The van der Waals surface area contributed by atoms with E-state index in [0.29, 0.717) is 30.4 Å². The average molecular weight is 322 g/mol. The van der Waals surface area contributed by atoms with Crippen LogP contribution >= 0.6 is 12.4 Å². The minimum atomic E-state index is -3.22. The number of sulfone groups is 1. The van der Waals surface area contributed by atoms with Crippen molar-refractivity contribution in [2.75, 3.05) is 45.7 Å². The summed E-state index contributed by atoms with van der Waals surface area (Å²) in [5, 5.41) is 0. The fraction of sp³-hybridized carbons (Fsp3) is 0.538. The first kappa shape index (κ1) is 17.2. The molecule has 1 heterocycles. The van der Waals surface area contributed by atoms with Gasteiger partial charge in [-0.25, -0.2) is 8.42 Å². The summed E-state index contributed by atoms with van der Waals surface area (Å²) >= 11 is 0. The van der Waals surface area contributed by atoms with E-state index in [0.717, 1.165) is 13.1 Å². The fourth-order valence-electron chi connectivity index (χ4n) is 1.97. The Morgan fingerprint density at radius 3 is 2.35 bits per heavy atom. The lowest BCUT2D eigenvalue weighted by atomic mass is 10.3. The van der Waals surface area contributed by atoms with E-state index in [-0.39, 0.29) is 18.2 Å². The Balaban J connectivity index is 0.00000200. The zero-order valence-corrected chi connectivity index (χ0v) is 13.1. The standard InChI is InChI=1S/C13H19NO4S.ClH/c1-17-12-2-4-13(5-3-12)19(15,16)11-8-14-6-9-18-10-7-14;/h2-5H,6-11H2,1H3;1H. The van der Waals surface area contributed by atoms with Gasteiger partial charge in [0, 0.05) is 19.6 Å². The van der Waals surface area contributed by atoms with E-state index < -0.39 is 9.84 Å². The van der Waals surface area contributed by atoms with Crippen molar-refractivity contribution in [1.29, 1.82) is 0 Å². The molecule has 20 heavy (non-hydrogen) atoms. The van der Waals surface area contributed by atoms with Gasteiger partial charge < -0.3 is 9.47 Å². The third-order valence-corrected chi connectivity index (χ3v) is 4.91. The molecule has 0 unspecified atom stereocenters. The van der Waals surface area contributed by atoms with Gasteiger partial charge in [0.2, 0.25) is 0 Å². The summed E-state index contributed by atoms with van der Waals surface area (Å²) < 4.78 is 34.6. The van der Waals surface area contributed by atoms with Crippen molar-refractivity contribution in [2.24, 2.45) is 0 Å². The monoisotopic (exact) mass is 321 g/mol. The van der Waals surface area contributed by atoms with Crippen LogP contribution in [0.1, 0.15) is 0 Å². The summed E-state index contributed by atoms with van der Waals surface area (Å²) in [5.74, 6) is 0.798. The Morgan fingerprint density at radius 1 is 1.20 bits per heavy atom. The van der Waals surface area contributed by atoms with Crippen LogP contribution in [0.15, 0.2) is 29.2 Å². The number of ether oxygens (including phenoxy) is 2. The number of hydrogen-bond donors (Lipinski definition) is 0. The highest BCUT2D eigenvalue weighted by molar-refractivity contribution is 7.91. The van der Waals surface area contributed by atoms with Crippen LogP contribution in [0, 0.1) is 0 Å². The second kappa shape index (κ2) is 7.83. The number of morpholine rings is 1. The fourth-order valence-corrected chi connectivity index (χ4v) is 3.26. The summed E-state index contributed by atoms with van der Waals surface area (Å²) in [7, 11) is -1.67. The van der Waals surface area contributed by atoms with Crippen molar-refractivity contribution >= 4 is 22.2 Å². The zero-order chi connectivity index (χ0) is 13.7. The Kier molecular flexibility index (Phi) is 6.75. The van der Waals surface area contributed by atoms with Gasteiger partial charge in [0.1, 0.15) is 5.75 Å². The summed E-state index contributed by atoms with van der Waals surface area (Å²) in [5.41, 5.74) is 0. The van der Waals surface area contributed by atoms with Gasteiger partial charge in [-0.2, -0.15) is 0 Å². The molecule has 0 amide bonds. The van der Waals surface area contributed by atoms with E-state index in [1.165, 1.54) is 0 Å². The Hall–Kier alpha value is -0.820. The van der Waals surface area contributed by atoms with E-state index in [1.807, 2.05) is 0 Å². The maximum atomic E-state index is 12.2. The van der Waals surface area contributed by atoms with Crippen molar-refractivity contribution in [3.63, 3.8) is 0 Å². The predicted octanol–water partition coefficient (Wildman–Crippen LogP) is 1.22. The highest BCUT2D eigenvalue weighted by atomic mass is 35.5. The van der Waals surface area contributed by atoms with Gasteiger partial charge in [-0.1, -0.05) is 0 Å². The van der Waals surface area contributed by atoms with Crippen LogP contribution in [0.25, 0.3) is 0 Å². The molecular formula is C13H20ClNO4S. The molecule has 0 aromatic heterocycles. The Morgan fingerprint density at radius 2 is 1.80 bits per heavy atom. The lowest BCUT2D eigenvalue weighted by Gasteiger charge is -2.26. The van der Waals surface area contributed by atoms with Gasteiger partial charge in [-0.3, -0.25) is 4.90 Å². The predicted molar refractivity (Wildman–Crippen MR) is 79.6 cm³/mol. The van der Waals surface area contributed by atoms with Gasteiger partial charge in [-0.05, 0) is 24.3 Å². The second-order valence-corrected chi connectivity index (χ2v) is 6.56. The van der Waals surface area contributed by atoms with E-state index >= 15 is 0 Å². The maximum absolute atomic E-state index is 12.2. The minimum Gasteiger partial charge on any atom is -0.497 e. The van der Waals surface area contributed by atoms with Gasteiger partial charge >= 0.3 is 0 Å². The zero-order valence-electron chi connectivity index (χ0n) is 11.4.